The number of rotatable bonds is 4. The molecule has 0 radical (unpaired) electrons. The molecule has 0 rings (SSSR count). The van der Waals surface area contributed by atoms with E-state index >= 15 is 0 Å². The number of aliphatic hydroxyl groups excluding tert-OH is 1. The van der Waals surface area contributed by atoms with Crippen LogP contribution in [0.5, 0.6) is 0 Å². The lowest BCUT2D eigenvalue weighted by molar-refractivity contribution is 0.214. The highest BCUT2D eigenvalue weighted by Crippen LogP contribution is 2.42. The molecule has 0 aliphatic heterocycles. The second-order valence-corrected chi connectivity index (χ2v) is 5.88. The summed E-state index contributed by atoms with van der Waals surface area (Å²) in [5.41, 5.74) is 0. The van der Waals surface area contributed by atoms with Crippen LogP contribution in [0.1, 0.15) is 20.8 Å². The highest BCUT2D eigenvalue weighted by molar-refractivity contribution is 7.58. The number of aliphatic hydroxyl groups is 1. The highest BCUT2D eigenvalue weighted by atomic mass is 31.2. The van der Waals surface area contributed by atoms with E-state index in [9.17, 15) is 9.46 Å². The van der Waals surface area contributed by atoms with Crippen molar-refractivity contribution in [2.75, 3.05) is 12.3 Å². The van der Waals surface area contributed by atoms with Crippen LogP contribution in [0.25, 0.3) is 0 Å². The van der Waals surface area contributed by atoms with Crippen LogP contribution >= 0.6 is 7.37 Å². The predicted octanol–water partition coefficient (Wildman–Crippen LogP) is 1.29. The first kappa shape index (κ1) is 11.2. The van der Waals surface area contributed by atoms with Gasteiger partial charge < -0.3 is 10.00 Å². The molecule has 2 unspecified atom stereocenters. The van der Waals surface area contributed by atoms with Crippen LogP contribution in [-0.2, 0) is 4.57 Å². The highest BCUT2D eigenvalue weighted by Gasteiger charge is 2.21. The van der Waals surface area contributed by atoms with Gasteiger partial charge in [-0.25, -0.2) is 0 Å². The van der Waals surface area contributed by atoms with Gasteiger partial charge in [-0.1, -0.05) is 13.8 Å². The summed E-state index contributed by atoms with van der Waals surface area (Å²) >= 11 is 0. The Labute approximate surface area is 67.9 Å². The summed E-state index contributed by atoms with van der Waals surface area (Å²) in [6.07, 6.45) is -0.354. The number of hydrogen-bond acceptors (Lipinski definition) is 2. The van der Waals surface area contributed by atoms with Gasteiger partial charge in [0.2, 0.25) is 7.37 Å². The molecular weight excluding hydrogens is 163 g/mol. The monoisotopic (exact) mass is 180 g/mol. The Morgan fingerprint density at radius 1 is 1.27 bits per heavy atom. The average Bonchev–Trinajstić information content (AvgIpc) is 1.53. The van der Waals surface area contributed by atoms with E-state index in [0.29, 0.717) is 6.16 Å². The van der Waals surface area contributed by atoms with E-state index in [4.69, 9.17) is 5.11 Å². The van der Waals surface area contributed by atoms with Gasteiger partial charge in [0, 0.05) is 6.16 Å². The van der Waals surface area contributed by atoms with Crippen LogP contribution in [0.15, 0.2) is 0 Å². The predicted molar refractivity (Wildman–Crippen MR) is 46.1 cm³/mol. The molecule has 0 amide bonds. The van der Waals surface area contributed by atoms with Crippen LogP contribution in [0.2, 0.25) is 0 Å². The molecule has 0 spiro atoms. The molecule has 2 N–H and O–H groups in total. The first-order valence-electron chi connectivity index (χ1n) is 3.82. The van der Waals surface area contributed by atoms with Crippen molar-refractivity contribution in [2.24, 2.45) is 5.92 Å². The van der Waals surface area contributed by atoms with Crippen LogP contribution in [0.3, 0.4) is 0 Å². The Morgan fingerprint density at radius 3 is 2.00 bits per heavy atom. The van der Waals surface area contributed by atoms with Gasteiger partial charge in [0.05, 0.1) is 12.3 Å². The second kappa shape index (κ2) is 4.24. The lowest BCUT2D eigenvalue weighted by Gasteiger charge is -2.14. The second-order valence-electron chi connectivity index (χ2n) is 3.45. The molecule has 0 saturated heterocycles. The molecule has 0 saturated carbocycles. The quantitative estimate of drug-likeness (QED) is 0.641. The molecule has 4 heteroatoms. The Bertz CT molecular complexity index is 140. The molecule has 0 bridgehead atoms. The third kappa shape index (κ3) is 6.54. The number of hydrogen-bond donors (Lipinski definition) is 2. The van der Waals surface area contributed by atoms with Gasteiger partial charge >= 0.3 is 0 Å². The zero-order valence-electron chi connectivity index (χ0n) is 7.32. The molecule has 0 aliphatic carbocycles. The van der Waals surface area contributed by atoms with E-state index in [1.807, 2.05) is 13.8 Å². The molecule has 0 aromatic rings. The Kier molecular flexibility index (Phi) is 4.30. The van der Waals surface area contributed by atoms with E-state index in [0.717, 1.165) is 0 Å². The minimum atomic E-state index is -3.05. The minimum absolute atomic E-state index is 0.0190. The van der Waals surface area contributed by atoms with Crippen molar-refractivity contribution in [2.45, 2.75) is 26.9 Å². The van der Waals surface area contributed by atoms with Crippen molar-refractivity contribution in [3.63, 3.8) is 0 Å². The van der Waals surface area contributed by atoms with E-state index in [1.54, 1.807) is 0 Å². The SMILES string of the molecule is CC(C)CP(=O)(O)CC(C)O. The summed E-state index contributed by atoms with van der Waals surface area (Å²) in [6.45, 7) is 5.32. The van der Waals surface area contributed by atoms with Gasteiger partial charge in [0.15, 0.2) is 0 Å². The zero-order valence-corrected chi connectivity index (χ0v) is 8.21. The molecular formula is C7H17O3P. The Hall–Kier alpha value is 0.150. The molecule has 2 atom stereocenters. The van der Waals surface area contributed by atoms with E-state index in [2.05, 4.69) is 0 Å². The van der Waals surface area contributed by atoms with Crippen molar-refractivity contribution < 1.29 is 14.6 Å². The lowest BCUT2D eigenvalue weighted by Crippen LogP contribution is -2.11. The fourth-order valence-corrected chi connectivity index (χ4v) is 3.17. The van der Waals surface area contributed by atoms with E-state index in [1.165, 1.54) is 6.92 Å². The molecule has 11 heavy (non-hydrogen) atoms. The average molecular weight is 180 g/mol. The van der Waals surface area contributed by atoms with Gasteiger partial charge in [-0.2, -0.15) is 0 Å². The third-order valence-electron chi connectivity index (χ3n) is 1.20. The third-order valence-corrected chi connectivity index (χ3v) is 3.60. The molecule has 0 aliphatic rings. The van der Waals surface area contributed by atoms with Gasteiger partial charge in [-0.15, -0.1) is 0 Å². The van der Waals surface area contributed by atoms with Crippen LogP contribution in [-0.4, -0.2) is 28.4 Å². The smallest absolute Gasteiger partial charge is 0.203 e. The Morgan fingerprint density at radius 2 is 1.73 bits per heavy atom. The summed E-state index contributed by atoms with van der Waals surface area (Å²) in [7, 11) is -3.05. The molecule has 0 aromatic carbocycles. The summed E-state index contributed by atoms with van der Waals surface area (Å²) in [4.78, 5) is 9.25. The van der Waals surface area contributed by atoms with Crippen molar-refractivity contribution in [3.05, 3.63) is 0 Å². The maximum atomic E-state index is 11.2. The largest absolute Gasteiger partial charge is 0.393 e. The van der Waals surface area contributed by atoms with Gasteiger partial charge in [-0.3, -0.25) is 4.57 Å². The van der Waals surface area contributed by atoms with Crippen molar-refractivity contribution in [3.8, 4) is 0 Å². The maximum Gasteiger partial charge on any atom is 0.203 e. The van der Waals surface area contributed by atoms with E-state index in [-0.39, 0.29) is 12.1 Å². The summed E-state index contributed by atoms with van der Waals surface area (Å²) in [6, 6.07) is 0. The summed E-state index contributed by atoms with van der Waals surface area (Å²) in [5, 5.41) is 8.87. The summed E-state index contributed by atoms with van der Waals surface area (Å²) in [5.74, 6) is 0.213. The summed E-state index contributed by atoms with van der Waals surface area (Å²) < 4.78 is 11.2. The first-order valence-corrected chi connectivity index (χ1v) is 5.85. The van der Waals surface area contributed by atoms with E-state index < -0.39 is 13.5 Å². The van der Waals surface area contributed by atoms with Crippen molar-refractivity contribution >= 4 is 7.37 Å². The van der Waals surface area contributed by atoms with Crippen molar-refractivity contribution in [1.82, 2.24) is 0 Å². The fourth-order valence-electron chi connectivity index (χ4n) is 1.06. The van der Waals surface area contributed by atoms with Gasteiger partial charge in [0.1, 0.15) is 0 Å². The molecule has 0 heterocycles. The van der Waals surface area contributed by atoms with Gasteiger partial charge in [-0.05, 0) is 12.8 Å². The van der Waals surface area contributed by atoms with Crippen LogP contribution in [0, 0.1) is 5.92 Å². The molecule has 3 nitrogen and oxygen atoms in total. The fraction of sp³-hybridized carbons (Fsp3) is 1.00. The topological polar surface area (TPSA) is 57.5 Å². The Balaban J connectivity index is 3.91. The molecule has 0 fully saturated rings. The normalized spacial score (nSPS) is 19.8. The van der Waals surface area contributed by atoms with Crippen LogP contribution in [0.4, 0.5) is 0 Å². The molecule has 0 aromatic heterocycles. The van der Waals surface area contributed by atoms with Crippen molar-refractivity contribution in [1.29, 1.82) is 0 Å². The zero-order chi connectivity index (χ0) is 9.07. The maximum absolute atomic E-state index is 11.2. The molecule has 68 valence electrons. The minimum Gasteiger partial charge on any atom is -0.393 e. The van der Waals surface area contributed by atoms with Gasteiger partial charge in [0.25, 0.3) is 0 Å². The lowest BCUT2D eigenvalue weighted by atomic mass is 10.3. The first-order chi connectivity index (χ1) is 4.83. The standard InChI is InChI=1S/C7H17O3P/c1-6(2)4-11(9,10)5-7(3)8/h6-8H,4-5H2,1-3H3,(H,9,10). The van der Waals surface area contributed by atoms with Crippen LogP contribution < -0.4 is 0 Å².